The van der Waals surface area contributed by atoms with Gasteiger partial charge in [-0.25, -0.2) is 4.79 Å². The number of hydrogen-bond acceptors (Lipinski definition) is 5. The highest BCUT2D eigenvalue weighted by Crippen LogP contribution is 2.30. The Balaban J connectivity index is 1.83. The highest BCUT2D eigenvalue weighted by Gasteiger charge is 2.39. The summed E-state index contributed by atoms with van der Waals surface area (Å²) in [7, 11) is 1.28. The molecule has 23 heavy (non-hydrogen) atoms. The zero-order valence-electron chi connectivity index (χ0n) is 12.1. The molecule has 0 unspecified atom stereocenters. The number of hydrogen-bond donors (Lipinski definition) is 0. The van der Waals surface area contributed by atoms with E-state index in [1.165, 1.54) is 13.3 Å². The molecule has 8 heteroatoms. The molecule has 0 N–H and O–H groups in total. The SMILES string of the molecule is COC(=O)c1ccnc2ccc(N3CC(OC(F)(F)F)C3)cc12. The van der Waals surface area contributed by atoms with Gasteiger partial charge in [0.25, 0.3) is 0 Å². The molecule has 1 saturated heterocycles. The number of methoxy groups -OCH3 is 1. The smallest absolute Gasteiger partial charge is 0.465 e. The van der Waals surface area contributed by atoms with Crippen molar-refractivity contribution in [1.29, 1.82) is 0 Å². The molecule has 1 aliphatic heterocycles. The lowest BCUT2D eigenvalue weighted by Gasteiger charge is -2.40. The molecule has 1 fully saturated rings. The second-order valence-corrected chi connectivity index (χ2v) is 5.14. The van der Waals surface area contributed by atoms with E-state index in [4.69, 9.17) is 4.74 Å². The maximum atomic E-state index is 12.1. The third-order valence-electron chi connectivity index (χ3n) is 3.64. The molecule has 3 rings (SSSR count). The van der Waals surface area contributed by atoms with E-state index in [1.54, 1.807) is 29.2 Å². The second kappa shape index (κ2) is 5.69. The van der Waals surface area contributed by atoms with E-state index >= 15 is 0 Å². The molecule has 1 aromatic heterocycles. The fraction of sp³-hybridized carbons (Fsp3) is 0.333. The van der Waals surface area contributed by atoms with Crippen LogP contribution >= 0.6 is 0 Å². The van der Waals surface area contributed by atoms with Crippen molar-refractivity contribution in [3.63, 3.8) is 0 Å². The first-order valence-corrected chi connectivity index (χ1v) is 6.84. The number of ether oxygens (including phenoxy) is 2. The number of aromatic nitrogens is 1. The summed E-state index contributed by atoms with van der Waals surface area (Å²) in [6.07, 6.45) is -3.99. The number of anilines is 1. The molecule has 1 aliphatic rings. The second-order valence-electron chi connectivity index (χ2n) is 5.14. The molecule has 2 heterocycles. The highest BCUT2D eigenvalue weighted by molar-refractivity contribution is 6.04. The van der Waals surface area contributed by atoms with E-state index in [0.717, 1.165) is 0 Å². The first-order valence-electron chi connectivity index (χ1n) is 6.84. The Morgan fingerprint density at radius 2 is 2.04 bits per heavy atom. The van der Waals surface area contributed by atoms with Crippen molar-refractivity contribution in [1.82, 2.24) is 4.98 Å². The summed E-state index contributed by atoms with van der Waals surface area (Å²) in [5.74, 6) is -0.489. The first-order chi connectivity index (χ1) is 10.9. The number of nitrogens with zero attached hydrogens (tertiary/aromatic N) is 2. The summed E-state index contributed by atoms with van der Waals surface area (Å²) in [5, 5.41) is 0.594. The average Bonchev–Trinajstić information content (AvgIpc) is 2.47. The van der Waals surface area contributed by atoms with Crippen molar-refractivity contribution in [2.45, 2.75) is 12.5 Å². The van der Waals surface area contributed by atoms with Crippen molar-refractivity contribution in [2.24, 2.45) is 0 Å². The topological polar surface area (TPSA) is 51.7 Å². The van der Waals surface area contributed by atoms with Crippen molar-refractivity contribution in [3.8, 4) is 0 Å². The van der Waals surface area contributed by atoms with Gasteiger partial charge in [0.05, 0.1) is 18.2 Å². The number of fused-ring (bicyclic) bond motifs is 1. The number of carbonyl (C=O) groups is 1. The third-order valence-corrected chi connectivity index (χ3v) is 3.64. The number of rotatable bonds is 3. The van der Waals surface area contributed by atoms with Crippen LogP contribution < -0.4 is 4.90 Å². The van der Waals surface area contributed by atoms with Gasteiger partial charge in [-0.05, 0) is 24.3 Å². The minimum absolute atomic E-state index is 0.138. The first kappa shape index (κ1) is 15.5. The molecule has 0 bridgehead atoms. The van der Waals surface area contributed by atoms with Crippen LogP contribution in [0.1, 0.15) is 10.4 Å². The number of pyridine rings is 1. The zero-order chi connectivity index (χ0) is 16.6. The van der Waals surface area contributed by atoms with E-state index in [2.05, 4.69) is 9.72 Å². The molecular weight excluding hydrogens is 313 g/mol. The summed E-state index contributed by atoms with van der Waals surface area (Å²) < 4.78 is 45.1. The Morgan fingerprint density at radius 3 is 2.70 bits per heavy atom. The fourth-order valence-electron chi connectivity index (χ4n) is 2.53. The molecular formula is C15H13F3N2O3. The van der Waals surface area contributed by atoms with Crippen LogP contribution in [0.4, 0.5) is 18.9 Å². The molecule has 0 amide bonds. The molecule has 0 saturated carbocycles. The number of alkyl halides is 3. The van der Waals surface area contributed by atoms with Crippen LogP contribution in [0, 0.1) is 0 Å². The molecule has 0 radical (unpaired) electrons. The number of carbonyl (C=O) groups excluding carboxylic acids is 1. The van der Waals surface area contributed by atoms with Gasteiger partial charge in [-0.15, -0.1) is 13.2 Å². The summed E-state index contributed by atoms with van der Waals surface area (Å²) >= 11 is 0. The Labute approximate surface area is 129 Å². The monoisotopic (exact) mass is 326 g/mol. The zero-order valence-corrected chi connectivity index (χ0v) is 12.1. The molecule has 0 atom stereocenters. The van der Waals surface area contributed by atoms with Gasteiger partial charge in [0.15, 0.2) is 0 Å². The fourth-order valence-corrected chi connectivity index (χ4v) is 2.53. The Bertz CT molecular complexity index is 742. The Hall–Kier alpha value is -2.35. The van der Waals surface area contributed by atoms with Crippen LogP contribution in [0.5, 0.6) is 0 Å². The lowest BCUT2D eigenvalue weighted by molar-refractivity contribution is -0.344. The van der Waals surface area contributed by atoms with Crippen LogP contribution in [-0.2, 0) is 9.47 Å². The van der Waals surface area contributed by atoms with Gasteiger partial charge in [0.2, 0.25) is 0 Å². The molecule has 5 nitrogen and oxygen atoms in total. The van der Waals surface area contributed by atoms with Crippen molar-refractivity contribution >= 4 is 22.6 Å². The van der Waals surface area contributed by atoms with E-state index in [0.29, 0.717) is 22.2 Å². The Kier molecular flexibility index (Phi) is 3.85. The summed E-state index contributed by atoms with van der Waals surface area (Å²) in [5.41, 5.74) is 1.68. The van der Waals surface area contributed by atoms with Crippen molar-refractivity contribution in [2.75, 3.05) is 25.1 Å². The van der Waals surface area contributed by atoms with Gasteiger partial charge in [0.1, 0.15) is 6.10 Å². The molecule has 0 spiro atoms. The third kappa shape index (κ3) is 3.21. The average molecular weight is 326 g/mol. The van der Waals surface area contributed by atoms with Crippen LogP contribution in [0.3, 0.4) is 0 Å². The lowest BCUT2D eigenvalue weighted by Crippen LogP contribution is -2.54. The lowest BCUT2D eigenvalue weighted by atomic mass is 10.1. The number of esters is 1. The van der Waals surface area contributed by atoms with E-state index in [1.807, 2.05) is 0 Å². The molecule has 122 valence electrons. The van der Waals surface area contributed by atoms with Crippen molar-refractivity contribution < 1.29 is 27.4 Å². The minimum atomic E-state index is -4.62. The van der Waals surface area contributed by atoms with E-state index < -0.39 is 18.4 Å². The molecule has 1 aromatic carbocycles. The number of benzene rings is 1. The Morgan fingerprint density at radius 1 is 1.30 bits per heavy atom. The van der Waals surface area contributed by atoms with Crippen LogP contribution in [0.15, 0.2) is 30.5 Å². The van der Waals surface area contributed by atoms with Gasteiger partial charge in [-0.1, -0.05) is 0 Å². The maximum Gasteiger partial charge on any atom is 0.522 e. The van der Waals surface area contributed by atoms with Gasteiger partial charge >= 0.3 is 12.3 Å². The predicted molar refractivity (Wildman–Crippen MR) is 76.2 cm³/mol. The van der Waals surface area contributed by atoms with Gasteiger partial charge in [-0.2, -0.15) is 0 Å². The summed E-state index contributed by atoms with van der Waals surface area (Å²) in [6.45, 7) is 0.275. The standard InChI is InChI=1S/C15H13F3N2O3/c1-22-14(21)11-4-5-19-13-3-2-9(6-12(11)13)20-7-10(8-20)23-15(16,17)18/h2-6,10H,7-8H2,1H3. The van der Waals surface area contributed by atoms with E-state index in [9.17, 15) is 18.0 Å². The normalized spacial score (nSPS) is 15.6. The molecule has 2 aromatic rings. The van der Waals surface area contributed by atoms with Crippen molar-refractivity contribution in [3.05, 3.63) is 36.0 Å². The summed E-state index contributed by atoms with van der Waals surface area (Å²) in [6, 6.07) is 6.73. The van der Waals surface area contributed by atoms with Crippen LogP contribution in [0.2, 0.25) is 0 Å². The minimum Gasteiger partial charge on any atom is -0.465 e. The largest absolute Gasteiger partial charge is 0.522 e. The maximum absolute atomic E-state index is 12.1. The van der Waals surface area contributed by atoms with Crippen LogP contribution in [0.25, 0.3) is 10.9 Å². The molecule has 0 aliphatic carbocycles. The van der Waals surface area contributed by atoms with Gasteiger partial charge < -0.3 is 9.64 Å². The van der Waals surface area contributed by atoms with Gasteiger partial charge in [0, 0.05) is 30.4 Å². The highest BCUT2D eigenvalue weighted by atomic mass is 19.4. The predicted octanol–water partition coefficient (Wildman–Crippen LogP) is 2.75. The quantitative estimate of drug-likeness (QED) is 0.812. The van der Waals surface area contributed by atoms with E-state index in [-0.39, 0.29) is 13.1 Å². The van der Waals surface area contributed by atoms with Crippen LogP contribution in [-0.4, -0.2) is 43.6 Å². The number of halogens is 3. The summed E-state index contributed by atoms with van der Waals surface area (Å²) in [4.78, 5) is 17.7. The van der Waals surface area contributed by atoms with Gasteiger partial charge in [-0.3, -0.25) is 9.72 Å².